The molecule has 4 heteroatoms. The number of hydrogen-bond donors (Lipinski definition) is 1. The van der Waals surface area contributed by atoms with Gasteiger partial charge in [0.2, 0.25) is 0 Å². The molecule has 1 aromatic rings. The Balaban J connectivity index is 1.83. The Bertz CT molecular complexity index is 389. The van der Waals surface area contributed by atoms with Crippen LogP contribution in [0.2, 0.25) is 0 Å². The molecule has 1 aliphatic rings. The van der Waals surface area contributed by atoms with Gasteiger partial charge in [0.05, 0.1) is 5.60 Å². The van der Waals surface area contributed by atoms with Crippen LogP contribution in [-0.2, 0) is 11.3 Å². The van der Waals surface area contributed by atoms with E-state index in [2.05, 4.69) is 12.2 Å². The third kappa shape index (κ3) is 3.23. The summed E-state index contributed by atoms with van der Waals surface area (Å²) in [7, 11) is 0. The van der Waals surface area contributed by atoms with Crippen LogP contribution in [0.3, 0.4) is 0 Å². The van der Waals surface area contributed by atoms with Gasteiger partial charge in [-0.05, 0) is 37.5 Å². The number of ether oxygens (including phenoxy) is 1. The second-order valence-electron chi connectivity index (χ2n) is 4.75. The SMILES string of the molecule is CC1(CNCc2ccc(F)c(F)c2)CCCO1. The first-order chi connectivity index (χ1) is 8.09. The molecule has 17 heavy (non-hydrogen) atoms. The lowest BCUT2D eigenvalue weighted by Crippen LogP contribution is -2.36. The van der Waals surface area contributed by atoms with Gasteiger partial charge in [-0.15, -0.1) is 0 Å². The molecule has 94 valence electrons. The van der Waals surface area contributed by atoms with Gasteiger partial charge in [-0.2, -0.15) is 0 Å². The number of halogens is 2. The number of nitrogens with one attached hydrogen (secondary N) is 1. The zero-order valence-electron chi connectivity index (χ0n) is 9.93. The number of hydrogen-bond acceptors (Lipinski definition) is 2. The van der Waals surface area contributed by atoms with Crippen LogP contribution in [0.4, 0.5) is 8.78 Å². The predicted molar refractivity (Wildman–Crippen MR) is 61.7 cm³/mol. The van der Waals surface area contributed by atoms with Crippen LogP contribution < -0.4 is 5.32 Å². The van der Waals surface area contributed by atoms with Crippen LogP contribution in [-0.4, -0.2) is 18.8 Å². The molecule has 1 unspecified atom stereocenters. The van der Waals surface area contributed by atoms with Crippen molar-refractivity contribution in [1.82, 2.24) is 5.32 Å². The van der Waals surface area contributed by atoms with E-state index in [4.69, 9.17) is 4.74 Å². The highest BCUT2D eigenvalue weighted by Gasteiger charge is 2.28. The molecule has 2 nitrogen and oxygen atoms in total. The summed E-state index contributed by atoms with van der Waals surface area (Å²) < 4.78 is 31.3. The summed E-state index contributed by atoms with van der Waals surface area (Å²) in [6.07, 6.45) is 2.13. The Morgan fingerprint density at radius 1 is 1.35 bits per heavy atom. The predicted octanol–water partition coefficient (Wildman–Crippen LogP) is 2.62. The molecule has 1 aliphatic heterocycles. The molecule has 2 rings (SSSR count). The summed E-state index contributed by atoms with van der Waals surface area (Å²) >= 11 is 0. The summed E-state index contributed by atoms with van der Waals surface area (Å²) in [6.45, 7) is 4.13. The first-order valence-corrected chi connectivity index (χ1v) is 5.88. The van der Waals surface area contributed by atoms with Crippen LogP contribution in [0.1, 0.15) is 25.3 Å². The molecular formula is C13H17F2NO. The topological polar surface area (TPSA) is 21.3 Å². The van der Waals surface area contributed by atoms with Crippen LogP contribution in [0, 0.1) is 11.6 Å². The summed E-state index contributed by atoms with van der Waals surface area (Å²) in [5.74, 6) is -1.60. The van der Waals surface area contributed by atoms with E-state index in [0.717, 1.165) is 37.6 Å². The van der Waals surface area contributed by atoms with Crippen LogP contribution >= 0.6 is 0 Å². The summed E-state index contributed by atoms with van der Waals surface area (Å²) in [4.78, 5) is 0. The highest BCUT2D eigenvalue weighted by molar-refractivity contribution is 5.17. The highest BCUT2D eigenvalue weighted by Crippen LogP contribution is 2.24. The van der Waals surface area contributed by atoms with Crippen LogP contribution in [0.25, 0.3) is 0 Å². The molecule has 1 heterocycles. The van der Waals surface area contributed by atoms with E-state index in [1.54, 1.807) is 6.07 Å². The van der Waals surface area contributed by atoms with Crippen molar-refractivity contribution in [2.75, 3.05) is 13.2 Å². The zero-order chi connectivity index (χ0) is 12.3. The lowest BCUT2D eigenvalue weighted by molar-refractivity contribution is 0.0207. The van der Waals surface area contributed by atoms with Gasteiger partial charge in [0.25, 0.3) is 0 Å². The van der Waals surface area contributed by atoms with Gasteiger partial charge in [-0.1, -0.05) is 6.07 Å². The van der Waals surface area contributed by atoms with Crippen LogP contribution in [0.15, 0.2) is 18.2 Å². The molecule has 0 aliphatic carbocycles. The van der Waals surface area contributed by atoms with E-state index in [1.165, 1.54) is 6.07 Å². The molecule has 1 N–H and O–H groups in total. The van der Waals surface area contributed by atoms with Crippen molar-refractivity contribution in [3.8, 4) is 0 Å². The molecule has 1 atom stereocenters. The molecule has 1 aromatic carbocycles. The average molecular weight is 241 g/mol. The number of rotatable bonds is 4. The molecule has 0 aromatic heterocycles. The van der Waals surface area contributed by atoms with Crippen molar-refractivity contribution in [1.29, 1.82) is 0 Å². The average Bonchev–Trinajstić information content (AvgIpc) is 2.71. The zero-order valence-corrected chi connectivity index (χ0v) is 9.93. The van der Waals surface area contributed by atoms with Crippen molar-refractivity contribution in [3.63, 3.8) is 0 Å². The highest BCUT2D eigenvalue weighted by atomic mass is 19.2. The van der Waals surface area contributed by atoms with Gasteiger partial charge in [0.15, 0.2) is 11.6 Å². The Morgan fingerprint density at radius 2 is 2.18 bits per heavy atom. The van der Waals surface area contributed by atoms with Crippen molar-refractivity contribution >= 4 is 0 Å². The van der Waals surface area contributed by atoms with E-state index >= 15 is 0 Å². The maximum Gasteiger partial charge on any atom is 0.159 e. The van der Waals surface area contributed by atoms with Crippen LogP contribution in [0.5, 0.6) is 0 Å². The number of benzene rings is 1. The Hall–Kier alpha value is -1.00. The second-order valence-corrected chi connectivity index (χ2v) is 4.75. The van der Waals surface area contributed by atoms with Crippen molar-refractivity contribution < 1.29 is 13.5 Å². The molecule has 0 spiro atoms. The maximum atomic E-state index is 13.0. The lowest BCUT2D eigenvalue weighted by Gasteiger charge is -2.23. The Kier molecular flexibility index (Phi) is 3.74. The molecule has 0 bridgehead atoms. The first-order valence-electron chi connectivity index (χ1n) is 5.88. The molecule has 1 fully saturated rings. The molecule has 0 amide bonds. The van der Waals surface area contributed by atoms with Gasteiger partial charge >= 0.3 is 0 Å². The fourth-order valence-corrected chi connectivity index (χ4v) is 2.10. The van der Waals surface area contributed by atoms with E-state index in [9.17, 15) is 8.78 Å². The second kappa shape index (κ2) is 5.10. The summed E-state index contributed by atoms with van der Waals surface area (Å²) in [5.41, 5.74) is 0.629. The van der Waals surface area contributed by atoms with Gasteiger partial charge in [-0.3, -0.25) is 0 Å². The third-order valence-corrected chi connectivity index (χ3v) is 3.11. The lowest BCUT2D eigenvalue weighted by atomic mass is 10.0. The van der Waals surface area contributed by atoms with Gasteiger partial charge in [0, 0.05) is 19.7 Å². The Morgan fingerprint density at radius 3 is 2.82 bits per heavy atom. The fraction of sp³-hybridized carbons (Fsp3) is 0.538. The van der Waals surface area contributed by atoms with Crippen molar-refractivity contribution in [2.45, 2.75) is 31.9 Å². The minimum atomic E-state index is -0.806. The monoisotopic (exact) mass is 241 g/mol. The quantitative estimate of drug-likeness (QED) is 0.875. The van der Waals surface area contributed by atoms with Gasteiger partial charge in [-0.25, -0.2) is 8.78 Å². The molecular weight excluding hydrogens is 224 g/mol. The largest absolute Gasteiger partial charge is 0.374 e. The molecule has 1 saturated heterocycles. The summed E-state index contributed by atoms with van der Waals surface area (Å²) in [6, 6.07) is 3.96. The minimum Gasteiger partial charge on any atom is -0.374 e. The Labute approximate surface area is 100.0 Å². The van der Waals surface area contributed by atoms with E-state index in [1.807, 2.05) is 0 Å². The van der Waals surface area contributed by atoms with Crippen molar-refractivity contribution in [2.24, 2.45) is 0 Å². The van der Waals surface area contributed by atoms with E-state index < -0.39 is 11.6 Å². The minimum absolute atomic E-state index is 0.113. The normalized spacial score (nSPS) is 24.2. The van der Waals surface area contributed by atoms with Crippen molar-refractivity contribution in [3.05, 3.63) is 35.4 Å². The van der Waals surface area contributed by atoms with E-state index in [0.29, 0.717) is 6.54 Å². The molecule has 0 radical (unpaired) electrons. The van der Waals surface area contributed by atoms with Gasteiger partial charge < -0.3 is 10.1 Å². The van der Waals surface area contributed by atoms with E-state index in [-0.39, 0.29) is 5.60 Å². The standard InChI is InChI=1S/C13H17F2NO/c1-13(5-2-6-17-13)9-16-8-10-3-4-11(14)12(15)7-10/h3-4,7,16H,2,5-6,8-9H2,1H3. The smallest absolute Gasteiger partial charge is 0.159 e. The first kappa shape index (κ1) is 12.5. The third-order valence-electron chi connectivity index (χ3n) is 3.11. The molecule has 0 saturated carbocycles. The summed E-state index contributed by atoms with van der Waals surface area (Å²) in [5, 5.41) is 3.22. The maximum absolute atomic E-state index is 13.0. The van der Waals surface area contributed by atoms with Gasteiger partial charge in [0.1, 0.15) is 0 Å². The fourth-order valence-electron chi connectivity index (χ4n) is 2.10.